The summed E-state index contributed by atoms with van der Waals surface area (Å²) in [5.41, 5.74) is 3.57. The van der Waals surface area contributed by atoms with Gasteiger partial charge in [-0.25, -0.2) is 5.43 Å². The molecule has 0 spiro atoms. The monoisotopic (exact) mass is 467 g/mol. The van der Waals surface area contributed by atoms with Gasteiger partial charge in [0.05, 0.1) is 19.9 Å². The summed E-state index contributed by atoms with van der Waals surface area (Å²) >= 11 is 6.68. The minimum atomic E-state index is -0.432. The maximum absolute atomic E-state index is 11.9. The minimum absolute atomic E-state index is 0.179. The summed E-state index contributed by atoms with van der Waals surface area (Å²) in [6.07, 6.45) is 1.49. The fourth-order valence-corrected chi connectivity index (χ4v) is 2.60. The zero-order valence-corrected chi connectivity index (χ0v) is 16.4. The van der Waals surface area contributed by atoms with Crippen molar-refractivity contribution < 1.29 is 14.3 Å². The van der Waals surface area contributed by atoms with Crippen molar-refractivity contribution in [2.45, 2.75) is 0 Å². The molecule has 6 nitrogen and oxygen atoms in total. The lowest BCUT2D eigenvalue weighted by atomic mass is 10.2. The number of ether oxygens (including phenoxy) is 1. The fourth-order valence-electron chi connectivity index (χ4n) is 1.85. The number of benzene rings is 2. The highest BCUT2D eigenvalue weighted by Crippen LogP contribution is 2.20. The van der Waals surface area contributed by atoms with Crippen LogP contribution in [-0.2, 0) is 4.79 Å². The van der Waals surface area contributed by atoms with Gasteiger partial charge in [0.1, 0.15) is 5.75 Å². The van der Waals surface area contributed by atoms with Gasteiger partial charge in [-0.2, -0.15) is 5.10 Å². The lowest BCUT2D eigenvalue weighted by molar-refractivity contribution is -0.120. The summed E-state index contributed by atoms with van der Waals surface area (Å²) in [4.78, 5) is 23.7. The van der Waals surface area contributed by atoms with Crippen LogP contribution in [0.1, 0.15) is 15.9 Å². The molecule has 0 aromatic heterocycles. The molecule has 0 aliphatic rings. The van der Waals surface area contributed by atoms with Gasteiger partial charge in [-0.05, 0) is 36.4 Å². The van der Waals surface area contributed by atoms with Crippen LogP contribution >= 0.6 is 31.9 Å². The molecule has 2 amide bonds. The van der Waals surface area contributed by atoms with Crippen molar-refractivity contribution in [3.63, 3.8) is 0 Å². The molecule has 0 atom stereocenters. The molecule has 0 aliphatic carbocycles. The Balaban J connectivity index is 1.85. The molecule has 0 bridgehead atoms. The molecule has 130 valence electrons. The first kappa shape index (κ1) is 19.1. The number of rotatable bonds is 6. The van der Waals surface area contributed by atoms with Crippen LogP contribution in [0.3, 0.4) is 0 Å². The predicted octanol–water partition coefficient (Wildman–Crippen LogP) is 3.10. The van der Waals surface area contributed by atoms with E-state index in [1.165, 1.54) is 6.21 Å². The van der Waals surface area contributed by atoms with Crippen molar-refractivity contribution >= 4 is 49.9 Å². The van der Waals surface area contributed by atoms with E-state index in [0.717, 1.165) is 14.5 Å². The molecule has 25 heavy (non-hydrogen) atoms. The average Bonchev–Trinajstić information content (AvgIpc) is 2.61. The molecule has 2 rings (SSSR count). The number of carbonyl (C=O) groups is 2. The van der Waals surface area contributed by atoms with E-state index in [9.17, 15) is 9.59 Å². The molecule has 0 unspecified atom stereocenters. The molecule has 0 saturated heterocycles. The third kappa shape index (κ3) is 5.99. The summed E-state index contributed by atoms with van der Waals surface area (Å²) < 4.78 is 6.74. The Bertz CT molecular complexity index is 809. The molecule has 2 aromatic carbocycles. The summed E-state index contributed by atoms with van der Waals surface area (Å²) in [6, 6.07) is 12.3. The highest BCUT2D eigenvalue weighted by Gasteiger charge is 2.08. The van der Waals surface area contributed by atoms with Crippen molar-refractivity contribution in [1.82, 2.24) is 10.7 Å². The molecule has 2 aromatic rings. The topological polar surface area (TPSA) is 79.8 Å². The zero-order valence-electron chi connectivity index (χ0n) is 13.3. The number of hydrogen-bond acceptors (Lipinski definition) is 4. The van der Waals surface area contributed by atoms with E-state index < -0.39 is 5.91 Å². The Morgan fingerprint density at radius 3 is 2.72 bits per heavy atom. The summed E-state index contributed by atoms with van der Waals surface area (Å²) in [6.45, 7) is -0.179. The van der Waals surface area contributed by atoms with Crippen LogP contribution in [0.25, 0.3) is 0 Å². The standard InChI is InChI=1S/C17H15Br2N3O3/c1-25-14-5-6-15(19)12(8-14)9-21-22-16(23)10-20-17(24)11-3-2-4-13(18)7-11/h2-9H,10H2,1H3,(H,20,24)(H,22,23)/b21-9+. The Morgan fingerprint density at radius 2 is 2.00 bits per heavy atom. The highest BCUT2D eigenvalue weighted by molar-refractivity contribution is 9.10. The van der Waals surface area contributed by atoms with Crippen LogP contribution in [0, 0.1) is 0 Å². The molecule has 0 saturated carbocycles. The average molecular weight is 469 g/mol. The van der Waals surface area contributed by atoms with Crippen molar-refractivity contribution in [2.75, 3.05) is 13.7 Å². The molecular weight excluding hydrogens is 454 g/mol. The quantitative estimate of drug-likeness (QED) is 0.505. The minimum Gasteiger partial charge on any atom is -0.497 e. The van der Waals surface area contributed by atoms with Crippen LogP contribution < -0.4 is 15.5 Å². The Labute approximate surface area is 161 Å². The first-order valence-corrected chi connectivity index (χ1v) is 8.77. The summed E-state index contributed by atoms with van der Waals surface area (Å²) in [5, 5.41) is 6.40. The van der Waals surface area contributed by atoms with Gasteiger partial charge in [0, 0.05) is 20.1 Å². The Morgan fingerprint density at radius 1 is 1.20 bits per heavy atom. The lowest BCUT2D eigenvalue weighted by Crippen LogP contribution is -2.34. The smallest absolute Gasteiger partial charge is 0.259 e. The third-order valence-corrected chi connectivity index (χ3v) is 4.31. The van der Waals surface area contributed by atoms with E-state index in [1.807, 2.05) is 12.1 Å². The van der Waals surface area contributed by atoms with Crippen LogP contribution in [-0.4, -0.2) is 31.7 Å². The Kier molecular flexibility index (Phi) is 7.15. The number of carbonyl (C=O) groups excluding carboxylic acids is 2. The number of nitrogens with zero attached hydrogens (tertiary/aromatic N) is 1. The summed E-state index contributed by atoms with van der Waals surface area (Å²) in [5.74, 6) is -0.0909. The van der Waals surface area contributed by atoms with E-state index in [1.54, 1.807) is 37.4 Å². The van der Waals surface area contributed by atoms with Gasteiger partial charge >= 0.3 is 0 Å². The number of methoxy groups -OCH3 is 1. The maximum Gasteiger partial charge on any atom is 0.259 e. The molecule has 0 aliphatic heterocycles. The predicted molar refractivity (Wildman–Crippen MR) is 103 cm³/mol. The second kappa shape index (κ2) is 9.33. The lowest BCUT2D eigenvalue weighted by Gasteiger charge is -2.05. The SMILES string of the molecule is COc1ccc(Br)c(/C=N/NC(=O)CNC(=O)c2cccc(Br)c2)c1. The van der Waals surface area contributed by atoms with Crippen molar-refractivity contribution in [1.29, 1.82) is 0 Å². The van der Waals surface area contributed by atoms with Gasteiger partial charge in [0.2, 0.25) is 0 Å². The number of nitrogens with one attached hydrogen (secondary N) is 2. The van der Waals surface area contributed by atoms with E-state index in [4.69, 9.17) is 4.74 Å². The molecule has 8 heteroatoms. The molecule has 2 N–H and O–H groups in total. The molecule has 0 heterocycles. The second-order valence-electron chi connectivity index (χ2n) is 4.87. The zero-order chi connectivity index (χ0) is 18.2. The summed E-state index contributed by atoms with van der Waals surface area (Å²) in [7, 11) is 1.57. The number of hydrogen-bond donors (Lipinski definition) is 2. The number of halogens is 2. The molecular formula is C17H15Br2N3O3. The van der Waals surface area contributed by atoms with E-state index in [2.05, 4.69) is 47.7 Å². The van der Waals surface area contributed by atoms with Crippen LogP contribution in [0.15, 0.2) is 56.5 Å². The molecule has 0 fully saturated rings. The van der Waals surface area contributed by atoms with E-state index >= 15 is 0 Å². The third-order valence-electron chi connectivity index (χ3n) is 3.09. The van der Waals surface area contributed by atoms with Gasteiger partial charge in [-0.3, -0.25) is 9.59 Å². The number of hydrazone groups is 1. The van der Waals surface area contributed by atoms with Gasteiger partial charge in [0.15, 0.2) is 0 Å². The normalized spacial score (nSPS) is 10.5. The molecule has 0 radical (unpaired) electrons. The van der Waals surface area contributed by atoms with Crippen molar-refractivity contribution in [3.05, 3.63) is 62.5 Å². The first-order chi connectivity index (χ1) is 12.0. The highest BCUT2D eigenvalue weighted by atomic mass is 79.9. The fraction of sp³-hybridized carbons (Fsp3) is 0.118. The van der Waals surface area contributed by atoms with E-state index in [-0.39, 0.29) is 12.5 Å². The second-order valence-corrected chi connectivity index (χ2v) is 6.64. The van der Waals surface area contributed by atoms with Crippen LogP contribution in [0.4, 0.5) is 0 Å². The van der Waals surface area contributed by atoms with Crippen LogP contribution in [0.5, 0.6) is 5.75 Å². The van der Waals surface area contributed by atoms with Gasteiger partial charge < -0.3 is 10.1 Å². The Hall–Kier alpha value is -2.19. The van der Waals surface area contributed by atoms with Crippen LogP contribution in [0.2, 0.25) is 0 Å². The first-order valence-electron chi connectivity index (χ1n) is 7.19. The number of amides is 2. The largest absolute Gasteiger partial charge is 0.497 e. The van der Waals surface area contributed by atoms with Gasteiger partial charge in [-0.15, -0.1) is 0 Å². The van der Waals surface area contributed by atoms with Crippen molar-refractivity contribution in [2.24, 2.45) is 5.10 Å². The van der Waals surface area contributed by atoms with Crippen molar-refractivity contribution in [3.8, 4) is 5.75 Å². The van der Waals surface area contributed by atoms with Gasteiger partial charge in [-0.1, -0.05) is 37.9 Å². The maximum atomic E-state index is 11.9. The van der Waals surface area contributed by atoms with Gasteiger partial charge in [0.25, 0.3) is 11.8 Å². The van der Waals surface area contributed by atoms with E-state index in [0.29, 0.717) is 11.3 Å².